The number of benzene rings is 2. The van der Waals surface area contributed by atoms with Crippen LogP contribution in [0.25, 0.3) is 0 Å². The van der Waals surface area contributed by atoms with Crippen molar-refractivity contribution in [3.63, 3.8) is 0 Å². The predicted octanol–water partition coefficient (Wildman–Crippen LogP) is 3.92. The SMILES string of the molecule is CN(Cc1ccc(F)cc1)Cc1ccc(C(=O)O)cc1Br. The number of hydrogen-bond donors (Lipinski definition) is 1. The van der Waals surface area contributed by atoms with E-state index in [-0.39, 0.29) is 11.4 Å². The third-order valence-corrected chi connectivity index (χ3v) is 3.84. The van der Waals surface area contributed by atoms with Gasteiger partial charge in [0.15, 0.2) is 0 Å². The first-order chi connectivity index (χ1) is 9.95. The summed E-state index contributed by atoms with van der Waals surface area (Å²) in [5, 5.41) is 8.94. The average Bonchev–Trinajstić information content (AvgIpc) is 2.43. The van der Waals surface area contributed by atoms with E-state index < -0.39 is 5.97 Å². The normalized spacial score (nSPS) is 10.9. The number of nitrogens with zero attached hydrogens (tertiary/aromatic N) is 1. The van der Waals surface area contributed by atoms with Gasteiger partial charge in [-0.15, -0.1) is 0 Å². The summed E-state index contributed by atoms with van der Waals surface area (Å²) in [5.41, 5.74) is 2.29. The molecule has 0 spiro atoms. The Kier molecular flexibility index (Phi) is 5.09. The Morgan fingerprint density at radius 2 is 1.86 bits per heavy atom. The van der Waals surface area contributed by atoms with Crippen LogP contribution in [0, 0.1) is 5.82 Å². The lowest BCUT2D eigenvalue weighted by Gasteiger charge is -2.18. The summed E-state index contributed by atoms with van der Waals surface area (Å²) < 4.78 is 13.6. The molecule has 0 heterocycles. The molecule has 0 bridgehead atoms. The van der Waals surface area contributed by atoms with E-state index in [9.17, 15) is 9.18 Å². The van der Waals surface area contributed by atoms with Crippen LogP contribution in [0.5, 0.6) is 0 Å². The molecule has 0 aliphatic carbocycles. The Balaban J connectivity index is 2.04. The highest BCUT2D eigenvalue weighted by Gasteiger charge is 2.09. The summed E-state index contributed by atoms with van der Waals surface area (Å²) >= 11 is 3.40. The smallest absolute Gasteiger partial charge is 0.335 e. The predicted molar refractivity (Wildman–Crippen MR) is 82.7 cm³/mol. The Hall–Kier alpha value is -1.72. The van der Waals surface area contributed by atoms with Gasteiger partial charge in [0.05, 0.1) is 5.56 Å². The largest absolute Gasteiger partial charge is 0.478 e. The zero-order chi connectivity index (χ0) is 15.4. The van der Waals surface area contributed by atoms with E-state index in [1.807, 2.05) is 7.05 Å². The molecular weight excluding hydrogens is 337 g/mol. The van der Waals surface area contributed by atoms with Crippen LogP contribution < -0.4 is 0 Å². The summed E-state index contributed by atoms with van der Waals surface area (Å²) in [5.74, 6) is -1.18. The second kappa shape index (κ2) is 6.83. The quantitative estimate of drug-likeness (QED) is 0.887. The molecule has 0 aromatic heterocycles. The van der Waals surface area contributed by atoms with E-state index in [0.717, 1.165) is 15.6 Å². The molecule has 0 saturated heterocycles. The van der Waals surface area contributed by atoms with Gasteiger partial charge in [0.25, 0.3) is 0 Å². The van der Waals surface area contributed by atoms with Crippen LogP contribution in [0.4, 0.5) is 4.39 Å². The first-order valence-electron chi connectivity index (χ1n) is 6.40. The average molecular weight is 352 g/mol. The lowest BCUT2D eigenvalue weighted by Crippen LogP contribution is -2.17. The van der Waals surface area contributed by atoms with Crippen molar-refractivity contribution in [2.75, 3.05) is 7.05 Å². The van der Waals surface area contributed by atoms with Crippen molar-refractivity contribution in [1.29, 1.82) is 0 Å². The van der Waals surface area contributed by atoms with Gasteiger partial charge < -0.3 is 5.11 Å². The monoisotopic (exact) mass is 351 g/mol. The molecule has 0 aliphatic heterocycles. The number of carboxylic acid groups (broad SMARTS) is 1. The second-order valence-electron chi connectivity index (χ2n) is 4.91. The van der Waals surface area contributed by atoms with Crippen molar-refractivity contribution in [3.8, 4) is 0 Å². The highest BCUT2D eigenvalue weighted by atomic mass is 79.9. The molecule has 1 N–H and O–H groups in total. The number of halogens is 2. The van der Waals surface area contributed by atoms with Crippen molar-refractivity contribution in [3.05, 3.63) is 69.4 Å². The summed E-state index contributed by atoms with van der Waals surface area (Å²) in [4.78, 5) is 13.0. The van der Waals surface area contributed by atoms with Crippen LogP contribution >= 0.6 is 15.9 Å². The van der Waals surface area contributed by atoms with Crippen molar-refractivity contribution < 1.29 is 14.3 Å². The van der Waals surface area contributed by atoms with Crippen LogP contribution in [0.2, 0.25) is 0 Å². The molecule has 110 valence electrons. The number of hydrogen-bond acceptors (Lipinski definition) is 2. The van der Waals surface area contributed by atoms with Gasteiger partial charge >= 0.3 is 5.97 Å². The second-order valence-corrected chi connectivity index (χ2v) is 5.76. The molecule has 0 atom stereocenters. The van der Waals surface area contributed by atoms with Gasteiger partial charge in [-0.05, 0) is 42.4 Å². The molecule has 0 aliphatic rings. The van der Waals surface area contributed by atoms with Crippen LogP contribution in [0.15, 0.2) is 46.9 Å². The van der Waals surface area contributed by atoms with Gasteiger partial charge in [0.2, 0.25) is 0 Å². The molecule has 21 heavy (non-hydrogen) atoms. The van der Waals surface area contributed by atoms with Gasteiger partial charge in [-0.1, -0.05) is 34.1 Å². The minimum absolute atomic E-state index is 0.242. The van der Waals surface area contributed by atoms with Crippen LogP contribution in [0.3, 0.4) is 0 Å². The number of carbonyl (C=O) groups is 1. The van der Waals surface area contributed by atoms with Crippen molar-refractivity contribution in [2.45, 2.75) is 13.1 Å². The molecule has 2 aromatic rings. The van der Waals surface area contributed by atoms with E-state index in [1.165, 1.54) is 12.1 Å². The Morgan fingerprint density at radius 1 is 1.19 bits per heavy atom. The maximum Gasteiger partial charge on any atom is 0.335 e. The number of rotatable bonds is 5. The minimum Gasteiger partial charge on any atom is -0.478 e. The Morgan fingerprint density at radius 3 is 2.43 bits per heavy atom. The maximum atomic E-state index is 12.9. The zero-order valence-corrected chi connectivity index (χ0v) is 13.1. The maximum absolute atomic E-state index is 12.9. The third kappa shape index (κ3) is 4.37. The van der Waals surface area contributed by atoms with E-state index in [4.69, 9.17) is 5.11 Å². The van der Waals surface area contributed by atoms with Gasteiger partial charge in [-0.2, -0.15) is 0 Å². The summed E-state index contributed by atoms with van der Waals surface area (Å²) in [6.07, 6.45) is 0. The number of carboxylic acids is 1. The van der Waals surface area contributed by atoms with E-state index in [1.54, 1.807) is 30.3 Å². The Bertz CT molecular complexity index is 643. The lowest BCUT2D eigenvalue weighted by atomic mass is 10.1. The van der Waals surface area contributed by atoms with Gasteiger partial charge in [-0.3, -0.25) is 4.90 Å². The van der Waals surface area contributed by atoms with Crippen LogP contribution in [-0.2, 0) is 13.1 Å². The fourth-order valence-corrected chi connectivity index (χ4v) is 2.56. The lowest BCUT2D eigenvalue weighted by molar-refractivity contribution is 0.0697. The molecule has 0 amide bonds. The van der Waals surface area contributed by atoms with Crippen molar-refractivity contribution in [1.82, 2.24) is 4.90 Å². The molecule has 0 unspecified atom stereocenters. The first kappa shape index (κ1) is 15.7. The standard InChI is InChI=1S/C16H15BrFNO2/c1-19(9-11-2-6-14(18)7-3-11)10-13-5-4-12(16(20)21)8-15(13)17/h2-8H,9-10H2,1H3,(H,20,21). The van der Waals surface area contributed by atoms with Crippen molar-refractivity contribution >= 4 is 21.9 Å². The van der Waals surface area contributed by atoms with Crippen LogP contribution in [-0.4, -0.2) is 23.0 Å². The first-order valence-corrected chi connectivity index (χ1v) is 7.19. The molecule has 0 radical (unpaired) electrons. The van der Waals surface area contributed by atoms with Crippen LogP contribution in [0.1, 0.15) is 21.5 Å². The summed E-state index contributed by atoms with van der Waals surface area (Å²) in [6, 6.07) is 11.4. The summed E-state index contributed by atoms with van der Waals surface area (Å²) in [7, 11) is 1.96. The highest BCUT2D eigenvalue weighted by Crippen LogP contribution is 2.21. The van der Waals surface area contributed by atoms with Gasteiger partial charge in [-0.25, -0.2) is 9.18 Å². The molecule has 0 fully saturated rings. The fourth-order valence-electron chi connectivity index (χ4n) is 2.06. The third-order valence-electron chi connectivity index (χ3n) is 3.11. The summed E-state index contributed by atoms with van der Waals surface area (Å²) in [6.45, 7) is 1.35. The molecule has 3 nitrogen and oxygen atoms in total. The minimum atomic E-state index is -0.943. The van der Waals surface area contributed by atoms with Crippen molar-refractivity contribution in [2.24, 2.45) is 0 Å². The fraction of sp³-hybridized carbons (Fsp3) is 0.188. The molecule has 5 heteroatoms. The zero-order valence-electron chi connectivity index (χ0n) is 11.5. The van der Waals surface area contributed by atoms with Gasteiger partial charge in [0, 0.05) is 17.6 Å². The molecule has 2 aromatic carbocycles. The molecule has 2 rings (SSSR count). The topological polar surface area (TPSA) is 40.5 Å². The van der Waals surface area contributed by atoms with E-state index in [2.05, 4.69) is 20.8 Å². The molecule has 0 saturated carbocycles. The Labute approximate surface area is 131 Å². The molecular formula is C16H15BrFNO2. The number of aromatic carboxylic acids is 1. The van der Waals surface area contributed by atoms with E-state index in [0.29, 0.717) is 13.1 Å². The van der Waals surface area contributed by atoms with Gasteiger partial charge in [0.1, 0.15) is 5.82 Å². The van der Waals surface area contributed by atoms with E-state index >= 15 is 0 Å². The highest BCUT2D eigenvalue weighted by molar-refractivity contribution is 9.10.